The molecule has 1 unspecified atom stereocenters. The standard InChI is InChI=1S/C19H22N2O5/c1-3-7-13(2)20-17(22)12-26-19(24)14-8-4-5-9-15(14)21-18(23)16-10-6-11-25-16/h4-6,8-11,13H,3,7,12H2,1-2H3,(H,20,22)(H,21,23). The van der Waals surface area contributed by atoms with E-state index in [1.54, 1.807) is 24.3 Å². The summed E-state index contributed by atoms with van der Waals surface area (Å²) < 4.78 is 10.1. The van der Waals surface area contributed by atoms with Crippen LogP contribution in [0.5, 0.6) is 0 Å². The molecule has 0 aliphatic heterocycles. The van der Waals surface area contributed by atoms with Gasteiger partial charge in [-0.15, -0.1) is 0 Å². The van der Waals surface area contributed by atoms with Gasteiger partial charge in [-0.2, -0.15) is 0 Å². The van der Waals surface area contributed by atoms with E-state index in [4.69, 9.17) is 9.15 Å². The van der Waals surface area contributed by atoms with Crippen molar-refractivity contribution >= 4 is 23.5 Å². The van der Waals surface area contributed by atoms with E-state index >= 15 is 0 Å². The fourth-order valence-electron chi connectivity index (χ4n) is 2.39. The normalized spacial score (nSPS) is 11.5. The number of amides is 2. The third-order valence-corrected chi connectivity index (χ3v) is 3.60. The Morgan fingerprint density at radius 1 is 1.15 bits per heavy atom. The SMILES string of the molecule is CCCC(C)NC(=O)COC(=O)c1ccccc1NC(=O)c1ccco1. The lowest BCUT2D eigenvalue weighted by Gasteiger charge is -2.13. The van der Waals surface area contributed by atoms with Crippen LogP contribution in [0.15, 0.2) is 47.1 Å². The van der Waals surface area contributed by atoms with E-state index in [0.29, 0.717) is 0 Å². The van der Waals surface area contributed by atoms with Crippen molar-refractivity contribution in [3.8, 4) is 0 Å². The van der Waals surface area contributed by atoms with Crippen LogP contribution in [0.2, 0.25) is 0 Å². The Balaban J connectivity index is 1.96. The van der Waals surface area contributed by atoms with Gasteiger partial charge in [-0.25, -0.2) is 4.79 Å². The number of hydrogen-bond donors (Lipinski definition) is 2. The monoisotopic (exact) mass is 358 g/mol. The lowest BCUT2D eigenvalue weighted by Crippen LogP contribution is -2.35. The first-order valence-electron chi connectivity index (χ1n) is 8.41. The molecule has 2 rings (SSSR count). The number of carbonyl (C=O) groups excluding carboxylic acids is 3. The molecule has 0 radical (unpaired) electrons. The largest absolute Gasteiger partial charge is 0.459 e. The first kappa shape index (κ1) is 19.2. The third-order valence-electron chi connectivity index (χ3n) is 3.60. The second-order valence-corrected chi connectivity index (χ2v) is 5.81. The quantitative estimate of drug-likeness (QED) is 0.707. The molecule has 26 heavy (non-hydrogen) atoms. The average molecular weight is 358 g/mol. The highest BCUT2D eigenvalue weighted by Crippen LogP contribution is 2.17. The number of furan rings is 1. The van der Waals surface area contributed by atoms with Gasteiger partial charge in [-0.3, -0.25) is 9.59 Å². The predicted octanol–water partition coefficient (Wildman–Crippen LogP) is 2.99. The summed E-state index contributed by atoms with van der Waals surface area (Å²) in [5.41, 5.74) is 0.431. The second kappa shape index (κ2) is 9.41. The van der Waals surface area contributed by atoms with Crippen LogP contribution in [-0.4, -0.2) is 30.4 Å². The maximum atomic E-state index is 12.3. The van der Waals surface area contributed by atoms with E-state index in [9.17, 15) is 14.4 Å². The summed E-state index contributed by atoms with van der Waals surface area (Å²) in [6, 6.07) is 9.52. The molecule has 2 amide bonds. The first-order valence-corrected chi connectivity index (χ1v) is 8.41. The highest BCUT2D eigenvalue weighted by molar-refractivity contribution is 6.06. The van der Waals surface area contributed by atoms with Crippen molar-refractivity contribution in [1.82, 2.24) is 5.32 Å². The van der Waals surface area contributed by atoms with Crippen molar-refractivity contribution in [3.05, 3.63) is 54.0 Å². The summed E-state index contributed by atoms with van der Waals surface area (Å²) in [4.78, 5) is 36.2. The summed E-state index contributed by atoms with van der Waals surface area (Å²) in [6.07, 6.45) is 3.18. The van der Waals surface area contributed by atoms with Crippen LogP contribution < -0.4 is 10.6 Å². The number of ether oxygens (including phenoxy) is 1. The van der Waals surface area contributed by atoms with Gasteiger partial charge >= 0.3 is 5.97 Å². The Morgan fingerprint density at radius 2 is 1.92 bits per heavy atom. The zero-order valence-corrected chi connectivity index (χ0v) is 14.8. The highest BCUT2D eigenvalue weighted by atomic mass is 16.5. The van der Waals surface area contributed by atoms with Crippen LogP contribution in [0.25, 0.3) is 0 Å². The number of anilines is 1. The number of para-hydroxylation sites is 1. The Morgan fingerprint density at radius 3 is 2.62 bits per heavy atom. The minimum absolute atomic E-state index is 0.0195. The van der Waals surface area contributed by atoms with Crippen molar-refractivity contribution in [3.63, 3.8) is 0 Å². The van der Waals surface area contributed by atoms with Gasteiger partial charge in [0, 0.05) is 6.04 Å². The van der Waals surface area contributed by atoms with Crippen LogP contribution in [0.1, 0.15) is 47.6 Å². The van der Waals surface area contributed by atoms with Crippen molar-refractivity contribution in [2.45, 2.75) is 32.7 Å². The van der Waals surface area contributed by atoms with E-state index in [2.05, 4.69) is 10.6 Å². The molecule has 0 aliphatic carbocycles. The smallest absolute Gasteiger partial charge is 0.340 e. The minimum atomic E-state index is -0.696. The molecule has 0 bridgehead atoms. The van der Waals surface area contributed by atoms with E-state index < -0.39 is 11.9 Å². The van der Waals surface area contributed by atoms with Gasteiger partial charge in [0.25, 0.3) is 11.8 Å². The number of rotatable bonds is 8. The number of hydrogen-bond acceptors (Lipinski definition) is 5. The predicted molar refractivity (Wildman–Crippen MR) is 95.9 cm³/mol. The topological polar surface area (TPSA) is 97.6 Å². The fourth-order valence-corrected chi connectivity index (χ4v) is 2.39. The van der Waals surface area contributed by atoms with Gasteiger partial charge in [-0.1, -0.05) is 25.5 Å². The lowest BCUT2D eigenvalue weighted by molar-refractivity contribution is -0.124. The molecular weight excluding hydrogens is 336 g/mol. The van der Waals surface area contributed by atoms with E-state index in [0.717, 1.165) is 12.8 Å². The number of esters is 1. The molecule has 1 aromatic heterocycles. The molecule has 7 nitrogen and oxygen atoms in total. The average Bonchev–Trinajstić information content (AvgIpc) is 3.15. The van der Waals surface area contributed by atoms with Crippen LogP contribution in [-0.2, 0) is 9.53 Å². The maximum Gasteiger partial charge on any atom is 0.340 e. The van der Waals surface area contributed by atoms with E-state index in [1.165, 1.54) is 18.4 Å². The zero-order chi connectivity index (χ0) is 18.9. The van der Waals surface area contributed by atoms with Gasteiger partial charge in [0.2, 0.25) is 0 Å². The molecule has 0 spiro atoms. The Bertz CT molecular complexity index is 755. The minimum Gasteiger partial charge on any atom is -0.459 e. The number of benzene rings is 1. The molecule has 1 heterocycles. The van der Waals surface area contributed by atoms with Crippen LogP contribution in [0.3, 0.4) is 0 Å². The van der Waals surface area contributed by atoms with Gasteiger partial charge in [0.05, 0.1) is 17.5 Å². The Hall–Kier alpha value is -3.09. The molecular formula is C19H22N2O5. The molecule has 0 aliphatic rings. The first-order chi connectivity index (χ1) is 12.5. The van der Waals surface area contributed by atoms with Crippen LogP contribution in [0, 0.1) is 0 Å². The van der Waals surface area contributed by atoms with Crippen molar-refractivity contribution < 1.29 is 23.5 Å². The molecule has 2 N–H and O–H groups in total. The summed E-state index contributed by atoms with van der Waals surface area (Å²) in [6.45, 7) is 3.53. The van der Waals surface area contributed by atoms with Gasteiger partial charge in [-0.05, 0) is 37.6 Å². The van der Waals surface area contributed by atoms with Gasteiger partial charge < -0.3 is 19.8 Å². The summed E-state index contributed by atoms with van der Waals surface area (Å²) in [5.74, 6) is -1.42. The van der Waals surface area contributed by atoms with Crippen molar-refractivity contribution in [2.24, 2.45) is 0 Å². The lowest BCUT2D eigenvalue weighted by atomic mass is 10.1. The highest BCUT2D eigenvalue weighted by Gasteiger charge is 2.17. The van der Waals surface area contributed by atoms with Crippen LogP contribution >= 0.6 is 0 Å². The van der Waals surface area contributed by atoms with Gasteiger partial charge in [0.1, 0.15) is 0 Å². The van der Waals surface area contributed by atoms with Crippen LogP contribution in [0.4, 0.5) is 5.69 Å². The van der Waals surface area contributed by atoms with Crippen molar-refractivity contribution in [1.29, 1.82) is 0 Å². The Labute approximate surface area is 151 Å². The molecule has 7 heteroatoms. The fraction of sp³-hybridized carbons (Fsp3) is 0.316. The molecule has 138 valence electrons. The molecule has 1 atom stereocenters. The number of nitrogens with one attached hydrogen (secondary N) is 2. The zero-order valence-electron chi connectivity index (χ0n) is 14.8. The molecule has 2 aromatic rings. The van der Waals surface area contributed by atoms with Gasteiger partial charge in [0.15, 0.2) is 12.4 Å². The summed E-state index contributed by atoms with van der Waals surface area (Å²) in [5, 5.41) is 5.35. The summed E-state index contributed by atoms with van der Waals surface area (Å²) >= 11 is 0. The van der Waals surface area contributed by atoms with E-state index in [-0.39, 0.29) is 35.6 Å². The molecule has 0 saturated carbocycles. The van der Waals surface area contributed by atoms with E-state index in [1.807, 2.05) is 13.8 Å². The van der Waals surface area contributed by atoms with Crippen molar-refractivity contribution in [2.75, 3.05) is 11.9 Å². The number of carbonyl (C=O) groups is 3. The summed E-state index contributed by atoms with van der Waals surface area (Å²) in [7, 11) is 0. The third kappa shape index (κ3) is 5.47. The molecule has 0 fully saturated rings. The molecule has 0 saturated heterocycles. The Kier molecular flexibility index (Phi) is 6.96. The molecule has 1 aromatic carbocycles. The maximum absolute atomic E-state index is 12.3. The second-order valence-electron chi connectivity index (χ2n) is 5.81.